The molecule has 5 N–H and O–H groups in total. The Bertz CT molecular complexity index is 1150. The lowest BCUT2D eigenvalue weighted by Gasteiger charge is -2.26. The van der Waals surface area contributed by atoms with Gasteiger partial charge in [-0.3, -0.25) is 24.0 Å². The van der Waals surface area contributed by atoms with Gasteiger partial charge in [0.15, 0.2) is 0 Å². The number of fused-ring (bicyclic) bond motifs is 2. The zero-order valence-corrected chi connectivity index (χ0v) is 24.8. The van der Waals surface area contributed by atoms with Crippen LogP contribution in [0.2, 0.25) is 0 Å². The number of hydrogen-bond donors (Lipinski definition) is 4. The molecule has 11 nitrogen and oxygen atoms in total. The van der Waals surface area contributed by atoms with Gasteiger partial charge in [-0.25, -0.2) is 0 Å². The van der Waals surface area contributed by atoms with Gasteiger partial charge in [-0.15, -0.1) is 0 Å². The Kier molecular flexibility index (Phi) is 12.3. The van der Waals surface area contributed by atoms with E-state index in [0.717, 1.165) is 37.7 Å². The second kappa shape index (κ2) is 16.3. The largest absolute Gasteiger partial charge is 0.372 e. The van der Waals surface area contributed by atoms with E-state index < -0.39 is 41.6 Å². The van der Waals surface area contributed by atoms with Gasteiger partial charge >= 0.3 is 0 Å². The van der Waals surface area contributed by atoms with Crippen molar-refractivity contribution in [3.63, 3.8) is 0 Å². The number of carbonyl (C=O) groups excluding carboxylic acids is 5. The van der Waals surface area contributed by atoms with Crippen LogP contribution in [0.4, 0.5) is 0 Å². The smallest absolute Gasteiger partial charge is 0.289 e. The van der Waals surface area contributed by atoms with Crippen molar-refractivity contribution in [3.05, 3.63) is 48.0 Å². The highest BCUT2D eigenvalue weighted by molar-refractivity contribution is 6.38. The van der Waals surface area contributed by atoms with Crippen molar-refractivity contribution in [3.8, 4) is 0 Å². The van der Waals surface area contributed by atoms with Crippen LogP contribution in [0.25, 0.3) is 0 Å². The third-order valence-electron chi connectivity index (χ3n) is 8.43. The summed E-state index contributed by atoms with van der Waals surface area (Å²) in [6.07, 6.45) is 10.1. The fourth-order valence-electron chi connectivity index (χ4n) is 5.84. The topological polar surface area (TPSA) is 160 Å². The Hall–Kier alpha value is -3.57. The van der Waals surface area contributed by atoms with Gasteiger partial charge in [0.1, 0.15) is 6.04 Å². The number of Topliss-reactive ketones (excluding diaryl/α,β-unsaturated/α-hetero) is 1. The number of nitrogens with zero attached hydrogens (tertiary/aromatic N) is 1. The van der Waals surface area contributed by atoms with Crippen molar-refractivity contribution in [1.29, 1.82) is 0 Å². The first-order chi connectivity index (χ1) is 20.8. The Morgan fingerprint density at radius 2 is 1.70 bits per heavy atom. The summed E-state index contributed by atoms with van der Waals surface area (Å²) in [5.41, 5.74) is 6.96. The fourth-order valence-corrected chi connectivity index (χ4v) is 5.84. The molecular formula is C32H45N5O6. The molecule has 0 spiro atoms. The van der Waals surface area contributed by atoms with E-state index in [1.165, 1.54) is 0 Å². The molecule has 2 aliphatic heterocycles. The lowest BCUT2D eigenvalue weighted by atomic mass is 9.95. The molecule has 2 bridgehead atoms. The molecule has 4 rings (SSSR count). The highest BCUT2D eigenvalue weighted by Gasteiger charge is 2.34. The van der Waals surface area contributed by atoms with E-state index in [-0.39, 0.29) is 37.3 Å². The minimum absolute atomic E-state index is 0.0272. The molecule has 4 amide bonds. The van der Waals surface area contributed by atoms with Crippen LogP contribution in [0.3, 0.4) is 0 Å². The molecule has 43 heavy (non-hydrogen) atoms. The average molecular weight is 596 g/mol. The lowest BCUT2D eigenvalue weighted by molar-refractivity contribution is -0.141. The van der Waals surface area contributed by atoms with Crippen molar-refractivity contribution in [2.45, 2.75) is 101 Å². The molecule has 1 aromatic rings. The van der Waals surface area contributed by atoms with Crippen LogP contribution in [0, 0.1) is 0 Å². The van der Waals surface area contributed by atoms with Crippen LogP contribution < -0.4 is 21.7 Å². The molecule has 1 saturated heterocycles. The Morgan fingerprint density at radius 1 is 0.930 bits per heavy atom. The Morgan fingerprint density at radius 3 is 2.47 bits per heavy atom. The highest BCUT2D eigenvalue weighted by Crippen LogP contribution is 2.18. The minimum atomic E-state index is -1.23. The van der Waals surface area contributed by atoms with Crippen LogP contribution in [-0.2, 0) is 35.1 Å². The molecule has 3 aliphatic rings. The number of benzene rings is 1. The van der Waals surface area contributed by atoms with Crippen LogP contribution in [0.1, 0.15) is 69.8 Å². The van der Waals surface area contributed by atoms with E-state index in [1.807, 2.05) is 42.5 Å². The van der Waals surface area contributed by atoms with Crippen molar-refractivity contribution < 1.29 is 28.7 Å². The summed E-state index contributed by atoms with van der Waals surface area (Å²) in [5, 5.41) is 8.29. The molecule has 2 fully saturated rings. The van der Waals surface area contributed by atoms with Gasteiger partial charge in [0.05, 0.1) is 24.8 Å². The fraction of sp³-hybridized carbons (Fsp3) is 0.594. The summed E-state index contributed by atoms with van der Waals surface area (Å²) in [6.45, 7) is 1.38. The first kappa shape index (κ1) is 32.3. The van der Waals surface area contributed by atoms with Gasteiger partial charge in [-0.1, -0.05) is 61.7 Å². The molecule has 1 saturated carbocycles. The number of nitrogens with one attached hydrogen (secondary N) is 3. The van der Waals surface area contributed by atoms with Gasteiger partial charge in [0, 0.05) is 32.0 Å². The van der Waals surface area contributed by atoms with E-state index in [0.29, 0.717) is 39.0 Å². The predicted molar refractivity (Wildman–Crippen MR) is 161 cm³/mol. The van der Waals surface area contributed by atoms with Gasteiger partial charge in [-0.2, -0.15) is 0 Å². The highest BCUT2D eigenvalue weighted by atomic mass is 16.5. The molecule has 0 radical (unpaired) electrons. The number of hydrogen-bond acceptors (Lipinski definition) is 7. The number of carbonyl (C=O) groups is 5. The van der Waals surface area contributed by atoms with Gasteiger partial charge in [0.2, 0.25) is 23.5 Å². The summed E-state index contributed by atoms with van der Waals surface area (Å²) in [5.74, 6) is -2.84. The maximum Gasteiger partial charge on any atom is 0.289 e. The van der Waals surface area contributed by atoms with Crippen LogP contribution in [-0.4, -0.2) is 84.3 Å². The van der Waals surface area contributed by atoms with Gasteiger partial charge in [0.25, 0.3) is 5.91 Å². The summed E-state index contributed by atoms with van der Waals surface area (Å²) >= 11 is 0. The normalized spacial score (nSPS) is 27.7. The van der Waals surface area contributed by atoms with E-state index in [9.17, 15) is 24.0 Å². The lowest BCUT2D eigenvalue weighted by Crippen LogP contribution is -2.57. The number of ether oxygens (including phenoxy) is 1. The maximum atomic E-state index is 13.7. The summed E-state index contributed by atoms with van der Waals surface area (Å²) < 4.78 is 5.89. The molecule has 1 aromatic carbocycles. The minimum Gasteiger partial charge on any atom is -0.372 e. The summed E-state index contributed by atoms with van der Waals surface area (Å²) in [4.78, 5) is 68.0. The van der Waals surface area contributed by atoms with E-state index in [1.54, 1.807) is 4.90 Å². The van der Waals surface area contributed by atoms with Crippen LogP contribution >= 0.6 is 0 Å². The van der Waals surface area contributed by atoms with E-state index >= 15 is 0 Å². The monoisotopic (exact) mass is 595 g/mol. The van der Waals surface area contributed by atoms with Crippen molar-refractivity contribution in [1.82, 2.24) is 20.9 Å². The number of amides is 4. The first-order valence-electron chi connectivity index (χ1n) is 15.6. The predicted octanol–water partition coefficient (Wildman–Crippen LogP) is 1.29. The summed E-state index contributed by atoms with van der Waals surface area (Å²) in [7, 11) is 0. The Labute approximate surface area is 253 Å². The third kappa shape index (κ3) is 10.00. The molecule has 0 aromatic heterocycles. The molecular weight excluding hydrogens is 550 g/mol. The van der Waals surface area contributed by atoms with Crippen LogP contribution in [0.15, 0.2) is 42.5 Å². The standard InChI is InChI=1S/C32H45N5O6/c33-25-14-8-3-9-19-43-24-17-18-37(21-24)28(38)16-15-26(29(39)32(42)34-23-12-6-2-7-13-23)35-31(41)27(36-30(25)40)20-22-10-4-1-5-11-22/h1,3-5,9-11,23-27H,2,6-8,12-21,33H2,(H,34,42)(H,35,41)(H,36,40)/b9-3-/t24-,25-,26+,27+/m1/s1. The molecule has 234 valence electrons. The maximum absolute atomic E-state index is 13.7. The van der Waals surface area contributed by atoms with Gasteiger partial charge in [-0.05, 0) is 44.1 Å². The zero-order valence-electron chi connectivity index (χ0n) is 24.8. The number of rotatable bonds is 5. The Balaban J connectivity index is 1.54. The summed E-state index contributed by atoms with van der Waals surface area (Å²) in [6, 6.07) is 5.97. The molecule has 2 heterocycles. The molecule has 1 aliphatic carbocycles. The van der Waals surface area contributed by atoms with E-state index in [4.69, 9.17) is 10.5 Å². The second-order valence-corrected chi connectivity index (χ2v) is 11.8. The number of allylic oxidation sites excluding steroid dienone is 1. The quantitative estimate of drug-likeness (QED) is 0.295. The zero-order chi connectivity index (χ0) is 30.6. The molecule has 0 unspecified atom stereocenters. The molecule has 4 atom stereocenters. The van der Waals surface area contributed by atoms with Crippen molar-refractivity contribution >= 4 is 29.4 Å². The van der Waals surface area contributed by atoms with Crippen molar-refractivity contribution in [2.24, 2.45) is 5.73 Å². The first-order valence-corrected chi connectivity index (χ1v) is 15.6. The average Bonchev–Trinajstić information content (AvgIpc) is 3.49. The van der Waals surface area contributed by atoms with E-state index in [2.05, 4.69) is 16.0 Å². The number of ketones is 1. The number of nitrogens with two attached hydrogens (primary N) is 1. The third-order valence-corrected chi connectivity index (χ3v) is 8.43. The van der Waals surface area contributed by atoms with Crippen LogP contribution in [0.5, 0.6) is 0 Å². The molecule has 11 heteroatoms. The SMILES string of the molecule is N[C@@H]1CC/C=C\CO[C@@H]2CCN(C2)C(=O)CC[C@@H](C(=O)C(=O)NC2CCCCC2)NC(=O)[C@H](Cc2ccccc2)NC1=O. The second-order valence-electron chi connectivity index (χ2n) is 11.8. The van der Waals surface area contributed by atoms with Crippen molar-refractivity contribution in [2.75, 3.05) is 19.7 Å². The van der Waals surface area contributed by atoms with Gasteiger partial charge < -0.3 is 31.3 Å².